The number of carbonyl (C=O) groups is 2. The van der Waals surface area contributed by atoms with Crippen LogP contribution in [0.25, 0.3) is 0 Å². The van der Waals surface area contributed by atoms with Gasteiger partial charge in [0.2, 0.25) is 11.8 Å². The van der Waals surface area contributed by atoms with Crippen molar-refractivity contribution in [3.63, 3.8) is 0 Å². The number of ether oxygens (including phenoxy) is 2. The molecule has 0 aliphatic heterocycles. The number of allylic oxidation sites excluding steroid dienone is 8. The van der Waals surface area contributed by atoms with Crippen LogP contribution < -0.4 is 10.6 Å². The molecular formula is C42H54F4N2O4Ti. The number of carbonyl (C=O) groups excluding carboxylic acids is 2. The van der Waals surface area contributed by atoms with Crippen LogP contribution in [0.2, 0.25) is 0 Å². The van der Waals surface area contributed by atoms with Gasteiger partial charge in [-0.3, -0.25) is 30.5 Å². The number of amides is 2. The van der Waals surface area contributed by atoms with Crippen molar-refractivity contribution >= 4 is 23.2 Å². The Morgan fingerprint density at radius 3 is 1.30 bits per heavy atom. The summed E-state index contributed by atoms with van der Waals surface area (Å²) in [7, 11) is 3.15. The Hall–Kier alpha value is -3.31. The molecule has 2 aliphatic carbocycles. The quantitative estimate of drug-likeness (QED) is 0.101. The van der Waals surface area contributed by atoms with E-state index in [0.717, 1.165) is 12.8 Å². The molecule has 0 aromatic heterocycles. The van der Waals surface area contributed by atoms with Crippen molar-refractivity contribution in [2.75, 3.05) is 51.4 Å². The monoisotopic (exact) mass is 774 g/mol. The van der Waals surface area contributed by atoms with E-state index in [4.69, 9.17) is 9.47 Å². The zero-order valence-electron chi connectivity index (χ0n) is 31.8. The van der Waals surface area contributed by atoms with E-state index < -0.39 is 35.8 Å². The van der Waals surface area contributed by atoms with Crippen molar-refractivity contribution in [2.45, 2.75) is 66.2 Å². The third kappa shape index (κ3) is 20.1. The molecule has 0 saturated carbocycles. The largest absolute Gasteiger partial charge is 4.00 e. The zero-order valence-corrected chi connectivity index (χ0v) is 33.4. The first kappa shape index (κ1) is 49.7. The van der Waals surface area contributed by atoms with Crippen LogP contribution in [0.5, 0.6) is 0 Å². The topological polar surface area (TPSA) is 76.7 Å². The number of hydrogen-bond donors (Lipinski definition) is 2. The minimum atomic E-state index is -0.751. The fourth-order valence-corrected chi connectivity index (χ4v) is 5.12. The molecule has 6 nitrogen and oxygen atoms in total. The molecule has 0 saturated heterocycles. The van der Waals surface area contributed by atoms with E-state index in [0.29, 0.717) is 50.3 Å². The molecule has 0 heterocycles. The molecular weight excluding hydrogens is 720 g/mol. The average molecular weight is 775 g/mol. The van der Waals surface area contributed by atoms with Gasteiger partial charge >= 0.3 is 21.7 Å². The van der Waals surface area contributed by atoms with Gasteiger partial charge in [-0.1, -0.05) is 39.1 Å². The van der Waals surface area contributed by atoms with Crippen LogP contribution >= 0.6 is 0 Å². The van der Waals surface area contributed by atoms with Gasteiger partial charge in [0, 0.05) is 49.9 Å². The van der Waals surface area contributed by atoms with Crippen LogP contribution in [0.15, 0.2) is 72.9 Å². The van der Waals surface area contributed by atoms with Crippen LogP contribution in [0, 0.1) is 58.6 Å². The standard InChI is InChI=1S/2C16H22F2NO2.2C5H5.Ti/c2*1-16(2,12(8-10-17)9-11-21-3)15(20)19-14-6-4-13(18)5-7-14;2*1-2-4-5-3-1;/h2*4,6-7,12H,8-11H2,1-3H3,(H,19,20);2*1-3H,4H2;/q4*-1;+4. The maximum absolute atomic E-state index is 12.8. The van der Waals surface area contributed by atoms with Crippen molar-refractivity contribution in [2.24, 2.45) is 22.7 Å². The van der Waals surface area contributed by atoms with E-state index in [-0.39, 0.29) is 45.4 Å². The molecule has 2 aromatic rings. The number of nitrogens with one attached hydrogen (secondary N) is 2. The molecule has 2 N–H and O–H groups in total. The predicted octanol–water partition coefficient (Wildman–Crippen LogP) is 9.81. The van der Waals surface area contributed by atoms with E-state index in [1.165, 1.54) is 36.4 Å². The number of methoxy groups -OCH3 is 2. The van der Waals surface area contributed by atoms with Gasteiger partial charge in [-0.25, -0.2) is 33.1 Å². The normalized spacial score (nSPS) is 13.6. The molecule has 0 radical (unpaired) electrons. The molecule has 2 unspecified atom stereocenters. The van der Waals surface area contributed by atoms with E-state index in [1.807, 2.05) is 24.3 Å². The summed E-state index contributed by atoms with van der Waals surface area (Å²) in [5.74, 6) is -1.68. The Morgan fingerprint density at radius 1 is 0.698 bits per heavy atom. The first-order valence-corrected chi connectivity index (χ1v) is 17.3. The molecule has 0 fully saturated rings. The predicted molar refractivity (Wildman–Crippen MR) is 200 cm³/mol. The number of halogens is 4. The number of hydrogen-bond acceptors (Lipinski definition) is 4. The van der Waals surface area contributed by atoms with Crippen LogP contribution in [-0.4, -0.2) is 52.6 Å². The van der Waals surface area contributed by atoms with Crippen LogP contribution in [-0.2, 0) is 40.8 Å². The minimum absolute atomic E-state index is 0. The first-order chi connectivity index (χ1) is 24.8. The summed E-state index contributed by atoms with van der Waals surface area (Å²) in [5.41, 5.74) is -0.557. The number of anilines is 2. The van der Waals surface area contributed by atoms with Gasteiger partial charge in [-0.05, 0) is 37.5 Å². The van der Waals surface area contributed by atoms with Gasteiger partial charge in [0.15, 0.2) is 0 Å². The van der Waals surface area contributed by atoms with Gasteiger partial charge in [0.25, 0.3) is 0 Å². The maximum atomic E-state index is 12.8. The Balaban J connectivity index is 0.000000791. The summed E-state index contributed by atoms with van der Waals surface area (Å²) >= 11 is 0. The third-order valence-corrected chi connectivity index (χ3v) is 8.70. The van der Waals surface area contributed by atoms with Gasteiger partial charge in [-0.15, -0.1) is 49.2 Å². The van der Waals surface area contributed by atoms with E-state index in [9.17, 15) is 27.2 Å². The van der Waals surface area contributed by atoms with Crippen molar-refractivity contribution in [1.29, 1.82) is 0 Å². The molecule has 288 valence electrons. The molecule has 11 heteroatoms. The van der Waals surface area contributed by atoms with Crippen LogP contribution in [0.1, 0.15) is 66.2 Å². The molecule has 2 aliphatic rings. The van der Waals surface area contributed by atoms with Gasteiger partial charge in [0.1, 0.15) is 0 Å². The second-order valence-electron chi connectivity index (χ2n) is 13.1. The van der Waals surface area contributed by atoms with Gasteiger partial charge in [0.05, 0.1) is 13.3 Å². The average Bonchev–Trinajstić information content (AvgIpc) is 3.91. The summed E-state index contributed by atoms with van der Waals surface area (Å²) in [6.45, 7) is 7.14. The second-order valence-corrected chi connectivity index (χ2v) is 13.1. The number of rotatable bonds is 16. The van der Waals surface area contributed by atoms with Crippen molar-refractivity contribution in [1.82, 2.24) is 0 Å². The van der Waals surface area contributed by atoms with Crippen molar-refractivity contribution < 1.29 is 58.3 Å². The number of benzene rings is 2. The zero-order chi connectivity index (χ0) is 38.8. The molecule has 2 atom stereocenters. The van der Waals surface area contributed by atoms with Gasteiger partial charge < -0.3 is 20.1 Å². The number of alkyl halides is 2. The van der Waals surface area contributed by atoms with E-state index in [1.54, 1.807) is 41.9 Å². The Bertz CT molecular complexity index is 1280. The van der Waals surface area contributed by atoms with Gasteiger partial charge in [-0.2, -0.15) is 24.3 Å². The summed E-state index contributed by atoms with van der Waals surface area (Å²) < 4.78 is 61.1. The maximum Gasteiger partial charge on any atom is 4.00 e. The minimum Gasteiger partial charge on any atom is -0.385 e. The molecule has 53 heavy (non-hydrogen) atoms. The van der Waals surface area contributed by atoms with Crippen LogP contribution in [0.4, 0.5) is 28.9 Å². The molecule has 2 aromatic carbocycles. The van der Waals surface area contributed by atoms with E-state index >= 15 is 0 Å². The first-order valence-electron chi connectivity index (χ1n) is 17.3. The fraction of sp³-hybridized carbons (Fsp3) is 0.476. The summed E-state index contributed by atoms with van der Waals surface area (Å²) in [4.78, 5) is 24.8. The smallest absolute Gasteiger partial charge is 0.385 e. The van der Waals surface area contributed by atoms with Crippen molar-refractivity contribution in [3.05, 3.63) is 109 Å². The molecule has 4 rings (SSSR count). The third-order valence-electron chi connectivity index (χ3n) is 8.70. The van der Waals surface area contributed by atoms with Crippen LogP contribution in [0.3, 0.4) is 0 Å². The summed E-state index contributed by atoms with van der Waals surface area (Å²) in [5, 5.41) is 5.45. The Labute approximate surface area is 329 Å². The van der Waals surface area contributed by atoms with E-state index in [2.05, 4.69) is 47.1 Å². The summed E-state index contributed by atoms with van der Waals surface area (Å²) in [6, 6.07) is 12.9. The Morgan fingerprint density at radius 2 is 1.08 bits per heavy atom. The molecule has 0 spiro atoms. The summed E-state index contributed by atoms with van der Waals surface area (Å²) in [6.07, 6.45) is 21.8. The van der Waals surface area contributed by atoms with Crippen molar-refractivity contribution in [3.8, 4) is 0 Å². The SMILES string of the molecule is COCCC(CCF)C(C)(C)C(=O)Nc1c[c-]c(F)cc1.COCCC(CCF)C(C)(C)C(=O)Nc1c[c-]c(F)cc1.[C-]1=CC=CC1.[C-]1=CC=CC1.[Ti+4]. The molecule has 2 amide bonds. The second kappa shape index (κ2) is 28.2. The molecule has 0 bridgehead atoms. The fourth-order valence-electron chi connectivity index (χ4n) is 5.12. The Kier molecular flexibility index (Phi) is 26.4.